The summed E-state index contributed by atoms with van der Waals surface area (Å²) < 4.78 is 0. The monoisotopic (exact) mass is 315 g/mol. The van der Waals surface area contributed by atoms with Gasteiger partial charge in [-0.2, -0.15) is 0 Å². The van der Waals surface area contributed by atoms with E-state index < -0.39 is 0 Å². The van der Waals surface area contributed by atoms with E-state index in [-0.39, 0.29) is 18.1 Å². The van der Waals surface area contributed by atoms with Crippen LogP contribution in [0.3, 0.4) is 0 Å². The quantitative estimate of drug-likeness (QED) is 0.812. The second-order valence-electron chi connectivity index (χ2n) is 6.53. The third kappa shape index (κ3) is 3.85. The predicted octanol–water partition coefficient (Wildman–Crippen LogP) is 2.86. The van der Waals surface area contributed by atoms with E-state index in [1.54, 1.807) is 11.9 Å². The third-order valence-corrected chi connectivity index (χ3v) is 4.74. The van der Waals surface area contributed by atoms with Crippen LogP contribution < -0.4 is 5.32 Å². The van der Waals surface area contributed by atoms with Crippen LogP contribution in [0.15, 0.2) is 30.3 Å². The van der Waals surface area contributed by atoms with Crippen molar-refractivity contribution >= 4 is 16.9 Å². The molecule has 0 aliphatic heterocycles. The summed E-state index contributed by atoms with van der Waals surface area (Å²) in [5.74, 6) is 0.201. The van der Waals surface area contributed by atoms with E-state index in [1.165, 1.54) is 0 Å². The number of hydrogen-bond donors (Lipinski definition) is 3. The number of fused-ring (bicyclic) bond motifs is 1. The molecule has 5 nitrogen and oxygen atoms in total. The van der Waals surface area contributed by atoms with Crippen molar-refractivity contribution in [2.45, 2.75) is 38.3 Å². The highest BCUT2D eigenvalue weighted by Crippen LogP contribution is 2.24. The standard InChI is InChI=1S/C18H25N3O2/c1-21(12-14-7-3-5-9-17(14)22)18(23)19-11-15-10-13-6-2-4-8-16(13)20-15/h2,4,6,8,10,14,17,20,22H,3,5,7,9,11-12H2,1H3,(H,19,23). The Morgan fingerprint density at radius 2 is 2.13 bits per heavy atom. The fourth-order valence-corrected chi connectivity index (χ4v) is 3.37. The maximum atomic E-state index is 12.2. The molecule has 2 atom stereocenters. The number of aromatic nitrogens is 1. The van der Waals surface area contributed by atoms with Crippen molar-refractivity contribution in [3.8, 4) is 0 Å². The summed E-state index contributed by atoms with van der Waals surface area (Å²) in [6, 6.07) is 10.0. The Hall–Kier alpha value is -2.01. The number of carbonyl (C=O) groups excluding carboxylic acids is 1. The zero-order valence-electron chi connectivity index (χ0n) is 13.6. The van der Waals surface area contributed by atoms with Gasteiger partial charge in [0.15, 0.2) is 0 Å². The Bertz CT molecular complexity index is 634. The van der Waals surface area contributed by atoms with Gasteiger partial charge in [-0.1, -0.05) is 31.0 Å². The number of carbonyl (C=O) groups is 1. The van der Waals surface area contributed by atoms with Crippen molar-refractivity contribution in [3.05, 3.63) is 36.0 Å². The highest BCUT2D eigenvalue weighted by molar-refractivity contribution is 5.80. The van der Waals surface area contributed by atoms with Gasteiger partial charge in [0.05, 0.1) is 12.6 Å². The first-order chi connectivity index (χ1) is 11.1. The number of amides is 2. The molecule has 5 heteroatoms. The smallest absolute Gasteiger partial charge is 0.317 e. The van der Waals surface area contributed by atoms with Crippen LogP contribution >= 0.6 is 0 Å². The van der Waals surface area contributed by atoms with Gasteiger partial charge in [-0.25, -0.2) is 4.79 Å². The first-order valence-electron chi connectivity index (χ1n) is 8.37. The molecule has 1 saturated carbocycles. The van der Waals surface area contributed by atoms with E-state index in [4.69, 9.17) is 0 Å². The first-order valence-corrected chi connectivity index (χ1v) is 8.37. The van der Waals surface area contributed by atoms with Crippen molar-refractivity contribution < 1.29 is 9.90 Å². The molecule has 3 rings (SSSR count). The molecular formula is C18H25N3O2. The Morgan fingerprint density at radius 3 is 2.91 bits per heavy atom. The average molecular weight is 315 g/mol. The summed E-state index contributed by atoms with van der Waals surface area (Å²) >= 11 is 0. The molecule has 1 aliphatic rings. The molecule has 1 fully saturated rings. The number of rotatable bonds is 4. The number of aliphatic hydroxyl groups excluding tert-OH is 1. The summed E-state index contributed by atoms with van der Waals surface area (Å²) in [6.07, 6.45) is 3.82. The summed E-state index contributed by atoms with van der Waals surface area (Å²) in [5, 5.41) is 14.1. The molecule has 0 radical (unpaired) electrons. The highest BCUT2D eigenvalue weighted by Gasteiger charge is 2.25. The van der Waals surface area contributed by atoms with Crippen molar-refractivity contribution in [1.82, 2.24) is 15.2 Å². The molecule has 124 valence electrons. The topological polar surface area (TPSA) is 68.4 Å². The summed E-state index contributed by atoms with van der Waals surface area (Å²) in [4.78, 5) is 17.2. The van der Waals surface area contributed by atoms with Crippen molar-refractivity contribution in [3.63, 3.8) is 0 Å². The number of H-pyrrole nitrogens is 1. The highest BCUT2D eigenvalue weighted by atomic mass is 16.3. The first kappa shape index (κ1) is 15.9. The minimum absolute atomic E-state index is 0.0959. The summed E-state index contributed by atoms with van der Waals surface area (Å²) in [5.41, 5.74) is 2.07. The lowest BCUT2D eigenvalue weighted by atomic mass is 9.86. The van der Waals surface area contributed by atoms with Crippen LogP contribution in [-0.4, -0.2) is 40.7 Å². The van der Waals surface area contributed by atoms with Gasteiger partial charge >= 0.3 is 6.03 Å². The van der Waals surface area contributed by atoms with Gasteiger partial charge in [-0.05, 0) is 30.4 Å². The number of nitrogens with zero attached hydrogens (tertiary/aromatic N) is 1. The predicted molar refractivity (Wildman–Crippen MR) is 91.1 cm³/mol. The Balaban J connectivity index is 1.51. The van der Waals surface area contributed by atoms with Gasteiger partial charge in [0.25, 0.3) is 0 Å². The van der Waals surface area contributed by atoms with E-state index in [0.29, 0.717) is 13.1 Å². The number of benzene rings is 1. The molecule has 2 amide bonds. The van der Waals surface area contributed by atoms with Crippen LogP contribution in [-0.2, 0) is 6.54 Å². The van der Waals surface area contributed by atoms with E-state index in [2.05, 4.69) is 16.4 Å². The molecule has 1 aliphatic carbocycles. The molecule has 3 N–H and O–H groups in total. The van der Waals surface area contributed by atoms with Crippen LogP contribution in [0.2, 0.25) is 0 Å². The Kier molecular flexibility index (Phi) is 4.86. The van der Waals surface area contributed by atoms with Gasteiger partial charge in [0.2, 0.25) is 0 Å². The molecule has 1 heterocycles. The molecule has 1 aromatic carbocycles. The molecule has 0 bridgehead atoms. The number of nitrogens with one attached hydrogen (secondary N) is 2. The van der Waals surface area contributed by atoms with Crippen molar-refractivity contribution in [2.75, 3.05) is 13.6 Å². The summed E-state index contributed by atoms with van der Waals surface area (Å²) in [6.45, 7) is 1.09. The Labute approximate surface area is 136 Å². The second-order valence-corrected chi connectivity index (χ2v) is 6.53. The lowest BCUT2D eigenvalue weighted by molar-refractivity contribution is 0.0565. The molecule has 0 spiro atoms. The zero-order valence-corrected chi connectivity index (χ0v) is 13.6. The fraction of sp³-hybridized carbons (Fsp3) is 0.500. The van der Waals surface area contributed by atoms with E-state index in [1.807, 2.05) is 24.3 Å². The van der Waals surface area contributed by atoms with Gasteiger partial charge in [-0.3, -0.25) is 0 Å². The van der Waals surface area contributed by atoms with Crippen LogP contribution in [0, 0.1) is 5.92 Å². The number of hydrogen-bond acceptors (Lipinski definition) is 2. The molecule has 1 aromatic heterocycles. The number of aromatic amines is 1. The summed E-state index contributed by atoms with van der Waals surface area (Å²) in [7, 11) is 1.79. The molecule has 23 heavy (non-hydrogen) atoms. The maximum absolute atomic E-state index is 12.2. The molecule has 2 unspecified atom stereocenters. The van der Waals surface area contributed by atoms with E-state index in [0.717, 1.165) is 42.3 Å². The van der Waals surface area contributed by atoms with Crippen LogP contribution in [0.5, 0.6) is 0 Å². The number of urea groups is 1. The third-order valence-electron chi connectivity index (χ3n) is 4.74. The number of aliphatic hydroxyl groups is 1. The van der Waals surface area contributed by atoms with Crippen LogP contribution in [0.25, 0.3) is 10.9 Å². The van der Waals surface area contributed by atoms with Gasteiger partial charge in [-0.15, -0.1) is 0 Å². The second kappa shape index (κ2) is 7.04. The molecule has 2 aromatic rings. The largest absolute Gasteiger partial charge is 0.393 e. The zero-order chi connectivity index (χ0) is 16.2. The van der Waals surface area contributed by atoms with Crippen molar-refractivity contribution in [2.24, 2.45) is 5.92 Å². The SMILES string of the molecule is CN(CC1CCCCC1O)C(=O)NCc1cc2ccccc2[nH]1. The minimum atomic E-state index is -0.271. The fourth-order valence-electron chi connectivity index (χ4n) is 3.37. The van der Waals surface area contributed by atoms with Gasteiger partial charge in [0, 0.05) is 30.7 Å². The minimum Gasteiger partial charge on any atom is -0.393 e. The Morgan fingerprint density at radius 1 is 1.35 bits per heavy atom. The van der Waals surface area contributed by atoms with Crippen LogP contribution in [0.4, 0.5) is 4.79 Å². The van der Waals surface area contributed by atoms with Gasteiger partial charge < -0.3 is 20.3 Å². The number of para-hydroxylation sites is 1. The normalized spacial score (nSPS) is 21.3. The maximum Gasteiger partial charge on any atom is 0.317 e. The molecule has 0 saturated heterocycles. The average Bonchev–Trinajstić information content (AvgIpc) is 2.97. The van der Waals surface area contributed by atoms with E-state index >= 15 is 0 Å². The molecular weight excluding hydrogens is 290 g/mol. The van der Waals surface area contributed by atoms with Crippen LogP contribution in [0.1, 0.15) is 31.4 Å². The van der Waals surface area contributed by atoms with E-state index in [9.17, 15) is 9.90 Å². The lowest BCUT2D eigenvalue weighted by Gasteiger charge is -2.31. The lowest BCUT2D eigenvalue weighted by Crippen LogP contribution is -2.42. The van der Waals surface area contributed by atoms with Crippen molar-refractivity contribution in [1.29, 1.82) is 0 Å². The van der Waals surface area contributed by atoms with Gasteiger partial charge in [0.1, 0.15) is 0 Å².